The van der Waals surface area contributed by atoms with Crippen LogP contribution in [0.4, 0.5) is 38.0 Å². The molecule has 5 heterocycles. The lowest BCUT2D eigenvalue weighted by atomic mass is 10.1. The number of nitrogens with zero attached hydrogens (tertiary/aromatic N) is 7. The smallest absolute Gasteiger partial charge is 0.379 e. The predicted molar refractivity (Wildman–Crippen MR) is 122 cm³/mol. The first kappa shape index (κ1) is 25.7. The van der Waals surface area contributed by atoms with Gasteiger partial charge in [0.15, 0.2) is 5.65 Å². The maximum atomic E-state index is 13.6. The first-order chi connectivity index (χ1) is 18.1. The molecule has 198 valence electrons. The summed E-state index contributed by atoms with van der Waals surface area (Å²) >= 11 is 0. The van der Waals surface area contributed by atoms with Gasteiger partial charge in [-0.3, -0.25) is 4.90 Å². The molecule has 1 saturated heterocycles. The molecule has 0 radical (unpaired) electrons. The van der Waals surface area contributed by atoms with Gasteiger partial charge in [0.25, 0.3) is 0 Å². The van der Waals surface area contributed by atoms with E-state index in [1.165, 1.54) is 12.1 Å². The first-order valence-corrected chi connectivity index (χ1v) is 11.2. The van der Waals surface area contributed by atoms with E-state index in [2.05, 4.69) is 40.3 Å². The van der Waals surface area contributed by atoms with E-state index in [0.29, 0.717) is 62.0 Å². The van der Waals surface area contributed by atoms with Crippen molar-refractivity contribution in [2.75, 3.05) is 31.6 Å². The van der Waals surface area contributed by atoms with Crippen LogP contribution in [0.2, 0.25) is 0 Å². The van der Waals surface area contributed by atoms with Gasteiger partial charge in [-0.15, -0.1) is 5.10 Å². The first-order valence-electron chi connectivity index (χ1n) is 11.2. The molecule has 0 aromatic carbocycles. The molecule has 4 aromatic heterocycles. The molecule has 9 nitrogen and oxygen atoms in total. The minimum atomic E-state index is -4.68. The van der Waals surface area contributed by atoms with E-state index in [0.717, 1.165) is 12.3 Å². The third-order valence-corrected chi connectivity index (χ3v) is 5.71. The monoisotopic (exact) mass is 536 g/mol. The van der Waals surface area contributed by atoms with Crippen LogP contribution in [-0.4, -0.2) is 61.3 Å². The Labute approximate surface area is 210 Å². The van der Waals surface area contributed by atoms with Crippen LogP contribution in [0.15, 0.2) is 42.9 Å². The number of morpholine rings is 1. The van der Waals surface area contributed by atoms with Gasteiger partial charge in [-0.05, 0) is 24.3 Å². The summed E-state index contributed by atoms with van der Waals surface area (Å²) in [6, 6.07) is 5.31. The van der Waals surface area contributed by atoms with Crippen LogP contribution < -0.4 is 5.32 Å². The van der Waals surface area contributed by atoms with Crippen LogP contribution in [0.3, 0.4) is 0 Å². The third kappa shape index (κ3) is 5.62. The minimum absolute atomic E-state index is 0.0920. The van der Waals surface area contributed by atoms with Gasteiger partial charge in [-0.2, -0.15) is 31.4 Å². The Kier molecular flexibility index (Phi) is 6.79. The van der Waals surface area contributed by atoms with Gasteiger partial charge < -0.3 is 10.1 Å². The Hall–Kier alpha value is -3.98. The van der Waals surface area contributed by atoms with Crippen molar-refractivity contribution >= 4 is 22.7 Å². The van der Waals surface area contributed by atoms with E-state index in [-0.39, 0.29) is 17.3 Å². The zero-order valence-electron chi connectivity index (χ0n) is 19.4. The lowest BCUT2D eigenvalue weighted by molar-refractivity contribution is -0.138. The van der Waals surface area contributed by atoms with Gasteiger partial charge in [0.2, 0.25) is 5.95 Å². The van der Waals surface area contributed by atoms with Crippen molar-refractivity contribution < 1.29 is 31.1 Å². The van der Waals surface area contributed by atoms with Crippen LogP contribution >= 0.6 is 0 Å². The molecule has 15 heteroatoms. The molecule has 0 saturated carbocycles. The number of ether oxygens (including phenoxy) is 1. The second-order valence-electron chi connectivity index (χ2n) is 8.33. The van der Waals surface area contributed by atoms with Crippen molar-refractivity contribution in [3.05, 3.63) is 59.7 Å². The van der Waals surface area contributed by atoms with Gasteiger partial charge in [-0.1, -0.05) is 0 Å². The van der Waals surface area contributed by atoms with Crippen molar-refractivity contribution in [2.45, 2.75) is 18.9 Å². The third-order valence-electron chi connectivity index (χ3n) is 5.71. The predicted octanol–water partition coefficient (Wildman–Crippen LogP) is 4.49. The summed E-state index contributed by atoms with van der Waals surface area (Å²) in [5.41, 5.74) is -1.57. The lowest BCUT2D eigenvalue weighted by Gasteiger charge is -2.26. The van der Waals surface area contributed by atoms with Gasteiger partial charge in [0.1, 0.15) is 5.69 Å². The van der Waals surface area contributed by atoms with E-state index >= 15 is 0 Å². The molecule has 5 rings (SSSR count). The van der Waals surface area contributed by atoms with Gasteiger partial charge in [0, 0.05) is 37.4 Å². The number of hydrogen-bond acceptors (Lipinski definition) is 9. The van der Waals surface area contributed by atoms with Crippen molar-refractivity contribution in [1.82, 2.24) is 35.0 Å². The summed E-state index contributed by atoms with van der Waals surface area (Å²) in [4.78, 5) is 18.4. The lowest BCUT2D eigenvalue weighted by Crippen LogP contribution is -2.35. The van der Waals surface area contributed by atoms with E-state index in [4.69, 9.17) is 4.74 Å². The molecule has 0 unspecified atom stereocenters. The molecule has 0 bridgehead atoms. The summed E-state index contributed by atoms with van der Waals surface area (Å²) in [5.74, 6) is -0.111. The minimum Gasteiger partial charge on any atom is -0.379 e. The fourth-order valence-corrected chi connectivity index (χ4v) is 3.87. The van der Waals surface area contributed by atoms with E-state index in [1.807, 2.05) is 0 Å². The fourth-order valence-electron chi connectivity index (χ4n) is 3.87. The number of nitrogens with one attached hydrogen (secondary N) is 1. The molecule has 1 fully saturated rings. The Morgan fingerprint density at radius 1 is 0.921 bits per heavy atom. The Morgan fingerprint density at radius 2 is 1.66 bits per heavy atom. The molecule has 4 aromatic rings. The molecule has 0 amide bonds. The molecular weight excluding hydrogens is 518 g/mol. The van der Waals surface area contributed by atoms with E-state index in [1.54, 1.807) is 6.07 Å². The van der Waals surface area contributed by atoms with Crippen LogP contribution in [0.25, 0.3) is 22.4 Å². The molecule has 0 atom stereocenters. The highest BCUT2D eigenvalue weighted by atomic mass is 19.4. The zero-order valence-corrected chi connectivity index (χ0v) is 19.4. The van der Waals surface area contributed by atoms with Crippen molar-refractivity contribution in [1.29, 1.82) is 0 Å². The molecule has 1 N–H and O–H groups in total. The quantitative estimate of drug-likeness (QED) is 0.370. The second kappa shape index (κ2) is 10.1. The summed E-state index contributed by atoms with van der Waals surface area (Å²) in [7, 11) is 0. The van der Waals surface area contributed by atoms with Crippen LogP contribution in [0, 0.1) is 0 Å². The molecule has 0 spiro atoms. The number of fused-ring (bicyclic) bond motifs is 1. The summed E-state index contributed by atoms with van der Waals surface area (Å²) in [5, 5.41) is 10.5. The normalized spacial score (nSPS) is 15.1. The number of halogens is 6. The molecule has 0 aliphatic carbocycles. The van der Waals surface area contributed by atoms with Crippen LogP contribution in [-0.2, 0) is 23.6 Å². The number of alkyl halides is 6. The van der Waals surface area contributed by atoms with Crippen molar-refractivity contribution in [3.63, 3.8) is 0 Å². The Balaban J connectivity index is 1.57. The fraction of sp³-hybridized carbons (Fsp3) is 0.304. The topological polar surface area (TPSA) is 102 Å². The maximum Gasteiger partial charge on any atom is 0.419 e. The number of anilines is 2. The molecule has 1 aliphatic heterocycles. The highest BCUT2D eigenvalue weighted by Gasteiger charge is 2.35. The van der Waals surface area contributed by atoms with Gasteiger partial charge in [0.05, 0.1) is 47.6 Å². The number of aromatic nitrogens is 6. The number of hydrogen-bond donors (Lipinski definition) is 1. The maximum absolute atomic E-state index is 13.6. The standard InChI is InChI=1S/C23H18F6N8O/c24-22(25,26)13-10-30-21(31-11-13)35-18-9-14(12-37-5-7-38-8-6-37)33-20-15(18)1-2-17(34-20)19-16(23(27,28)29)3-4-32-36-19/h1-4,9-11H,5-8,12H2,(H,30,31,33,34,35). The summed E-state index contributed by atoms with van der Waals surface area (Å²) in [6.07, 6.45) is -7.03. The zero-order chi connectivity index (χ0) is 26.9. The van der Waals surface area contributed by atoms with Crippen molar-refractivity contribution in [2.24, 2.45) is 0 Å². The Morgan fingerprint density at radius 3 is 2.34 bits per heavy atom. The Bertz CT molecular complexity index is 1440. The SMILES string of the molecule is FC(F)(F)c1cnc(Nc2cc(CN3CCOCC3)nc3nc(-c4nnccc4C(F)(F)F)ccc23)nc1. The largest absolute Gasteiger partial charge is 0.419 e. The average Bonchev–Trinajstić information content (AvgIpc) is 2.88. The highest BCUT2D eigenvalue weighted by molar-refractivity contribution is 5.91. The van der Waals surface area contributed by atoms with Gasteiger partial charge >= 0.3 is 12.4 Å². The van der Waals surface area contributed by atoms with Crippen LogP contribution in [0.1, 0.15) is 16.8 Å². The molecule has 1 aliphatic rings. The summed E-state index contributed by atoms with van der Waals surface area (Å²) < 4.78 is 84.7. The van der Waals surface area contributed by atoms with Crippen LogP contribution in [0.5, 0.6) is 0 Å². The summed E-state index contributed by atoms with van der Waals surface area (Å²) in [6.45, 7) is 2.74. The molecular formula is C23H18F6N8O. The highest BCUT2D eigenvalue weighted by Crippen LogP contribution is 2.36. The number of pyridine rings is 2. The second-order valence-corrected chi connectivity index (χ2v) is 8.33. The van der Waals surface area contributed by atoms with E-state index < -0.39 is 29.2 Å². The van der Waals surface area contributed by atoms with Crippen molar-refractivity contribution in [3.8, 4) is 11.4 Å². The number of rotatable bonds is 5. The van der Waals surface area contributed by atoms with Gasteiger partial charge in [-0.25, -0.2) is 19.9 Å². The average molecular weight is 536 g/mol. The van der Waals surface area contributed by atoms with E-state index in [9.17, 15) is 26.3 Å². The molecule has 38 heavy (non-hydrogen) atoms.